The molecule has 2 rings (SSSR count). The van der Waals surface area contributed by atoms with Gasteiger partial charge < -0.3 is 20.1 Å². The fourth-order valence-electron chi connectivity index (χ4n) is 2.81. The summed E-state index contributed by atoms with van der Waals surface area (Å²) in [6.45, 7) is 6.67. The molecule has 32 heavy (non-hydrogen) atoms. The molecule has 0 aliphatic carbocycles. The molecule has 0 aromatic heterocycles. The van der Waals surface area contributed by atoms with Crippen molar-refractivity contribution in [1.29, 1.82) is 0 Å². The van der Waals surface area contributed by atoms with E-state index in [0.717, 1.165) is 6.07 Å². The zero-order chi connectivity index (χ0) is 24.1. The molecule has 0 spiro atoms. The van der Waals surface area contributed by atoms with Gasteiger partial charge in [0.15, 0.2) is 17.3 Å². The van der Waals surface area contributed by atoms with Crippen LogP contribution in [0.1, 0.15) is 43.6 Å². The van der Waals surface area contributed by atoms with Gasteiger partial charge in [0.1, 0.15) is 5.60 Å². The lowest BCUT2D eigenvalue weighted by Crippen LogP contribution is -2.42. The number of hydrogen-bond donors (Lipinski definition) is 2. The van der Waals surface area contributed by atoms with E-state index in [1.54, 1.807) is 32.9 Å². The maximum absolute atomic E-state index is 13.6. The van der Waals surface area contributed by atoms with Crippen LogP contribution in [0.4, 0.5) is 14.9 Å². The van der Waals surface area contributed by atoms with Crippen LogP contribution in [-0.2, 0) is 16.0 Å². The Balaban J connectivity index is 2.17. The van der Waals surface area contributed by atoms with Gasteiger partial charge in [0.2, 0.25) is 0 Å². The first kappa shape index (κ1) is 25.1. The Morgan fingerprint density at radius 2 is 1.84 bits per heavy atom. The van der Waals surface area contributed by atoms with Crippen molar-refractivity contribution in [1.82, 2.24) is 5.32 Å². The number of ether oxygens (including phenoxy) is 2. The number of carbonyl (C=O) groups is 3. The molecule has 0 unspecified atom stereocenters. The van der Waals surface area contributed by atoms with Gasteiger partial charge in [-0.25, -0.2) is 9.18 Å². The predicted molar refractivity (Wildman–Crippen MR) is 120 cm³/mol. The number of halogens is 2. The molecule has 2 aromatic carbocycles. The first-order valence-electron chi connectivity index (χ1n) is 9.85. The van der Waals surface area contributed by atoms with Crippen LogP contribution in [-0.4, -0.2) is 36.5 Å². The van der Waals surface area contributed by atoms with Gasteiger partial charge in [-0.05, 0) is 51.5 Å². The van der Waals surface area contributed by atoms with E-state index in [2.05, 4.69) is 10.6 Å². The second-order valence-electron chi connectivity index (χ2n) is 8.09. The van der Waals surface area contributed by atoms with Gasteiger partial charge in [0.05, 0.1) is 23.7 Å². The maximum atomic E-state index is 13.6. The largest absolute Gasteiger partial charge is 0.494 e. The second kappa shape index (κ2) is 10.5. The average Bonchev–Trinajstić information content (AvgIpc) is 2.67. The summed E-state index contributed by atoms with van der Waals surface area (Å²) in [6.07, 6.45) is -0.861. The number of methoxy groups -OCH3 is 1. The SMILES string of the molecule is COc1cc(NC(=O)c2c(Cl)cccc2CC(=O)[C@H](C)NC(=O)OC(C)(C)C)ccc1F. The summed E-state index contributed by atoms with van der Waals surface area (Å²) in [5.74, 6) is -1.50. The normalized spacial score (nSPS) is 12.0. The third kappa shape index (κ3) is 6.95. The number of Topliss-reactive ketones (excluding diaryl/α,β-unsaturated/α-hetero) is 1. The number of ketones is 1. The van der Waals surface area contributed by atoms with Crippen molar-refractivity contribution in [3.8, 4) is 5.75 Å². The number of amides is 2. The molecule has 0 fully saturated rings. The van der Waals surface area contributed by atoms with Gasteiger partial charge in [0.25, 0.3) is 5.91 Å². The van der Waals surface area contributed by atoms with E-state index in [0.29, 0.717) is 11.3 Å². The van der Waals surface area contributed by atoms with Gasteiger partial charge in [-0.3, -0.25) is 9.59 Å². The number of nitrogens with one attached hydrogen (secondary N) is 2. The predicted octanol–water partition coefficient (Wildman–Crippen LogP) is 4.76. The minimum Gasteiger partial charge on any atom is -0.494 e. The van der Waals surface area contributed by atoms with Crippen molar-refractivity contribution < 1.29 is 28.2 Å². The van der Waals surface area contributed by atoms with Crippen LogP contribution in [0, 0.1) is 5.82 Å². The molecular formula is C23H26ClFN2O5. The first-order chi connectivity index (χ1) is 14.9. The lowest BCUT2D eigenvalue weighted by atomic mass is 9.99. The Hall–Kier alpha value is -3.13. The second-order valence-corrected chi connectivity index (χ2v) is 8.50. The van der Waals surface area contributed by atoms with Crippen LogP contribution < -0.4 is 15.4 Å². The van der Waals surface area contributed by atoms with E-state index in [1.165, 1.54) is 32.2 Å². The number of alkyl carbamates (subject to hydrolysis) is 1. The fourth-order valence-corrected chi connectivity index (χ4v) is 3.09. The summed E-state index contributed by atoms with van der Waals surface area (Å²) in [5.41, 5.74) is 0.0845. The van der Waals surface area contributed by atoms with Crippen molar-refractivity contribution >= 4 is 35.1 Å². The van der Waals surface area contributed by atoms with Crippen LogP contribution in [0.2, 0.25) is 5.02 Å². The molecule has 2 N–H and O–H groups in total. The van der Waals surface area contributed by atoms with Crippen molar-refractivity contribution in [2.75, 3.05) is 12.4 Å². The highest BCUT2D eigenvalue weighted by Crippen LogP contribution is 2.25. The minimum atomic E-state index is -0.846. The lowest BCUT2D eigenvalue weighted by Gasteiger charge is -2.21. The molecule has 7 nitrogen and oxygen atoms in total. The van der Waals surface area contributed by atoms with Crippen LogP contribution in [0.25, 0.3) is 0 Å². The van der Waals surface area contributed by atoms with Gasteiger partial charge in [0, 0.05) is 18.2 Å². The van der Waals surface area contributed by atoms with Crippen LogP contribution in [0.3, 0.4) is 0 Å². The quantitative estimate of drug-likeness (QED) is 0.615. The summed E-state index contributed by atoms with van der Waals surface area (Å²) >= 11 is 6.25. The van der Waals surface area contributed by atoms with Crippen molar-refractivity contribution in [3.05, 3.63) is 58.4 Å². The van der Waals surface area contributed by atoms with Crippen LogP contribution >= 0.6 is 11.6 Å². The van der Waals surface area contributed by atoms with Gasteiger partial charge in [-0.1, -0.05) is 23.7 Å². The molecule has 0 heterocycles. The third-order valence-corrected chi connectivity index (χ3v) is 4.63. The Morgan fingerprint density at radius 3 is 2.47 bits per heavy atom. The molecule has 9 heteroatoms. The summed E-state index contributed by atoms with van der Waals surface area (Å²) < 4.78 is 23.7. The molecule has 0 aliphatic rings. The molecule has 1 atom stereocenters. The van der Waals surface area contributed by atoms with Crippen molar-refractivity contribution in [3.63, 3.8) is 0 Å². The number of hydrogen-bond acceptors (Lipinski definition) is 5. The van der Waals surface area contributed by atoms with Crippen molar-refractivity contribution in [2.24, 2.45) is 0 Å². The molecule has 2 amide bonds. The van der Waals surface area contributed by atoms with E-state index in [9.17, 15) is 18.8 Å². The van der Waals surface area contributed by atoms with Gasteiger partial charge >= 0.3 is 6.09 Å². The highest BCUT2D eigenvalue weighted by atomic mass is 35.5. The van der Waals surface area contributed by atoms with Gasteiger partial charge in [-0.2, -0.15) is 0 Å². The molecule has 0 aliphatic heterocycles. The molecule has 0 radical (unpaired) electrons. The monoisotopic (exact) mass is 464 g/mol. The highest BCUT2D eigenvalue weighted by molar-refractivity contribution is 6.34. The smallest absolute Gasteiger partial charge is 0.408 e. The average molecular weight is 465 g/mol. The molecular weight excluding hydrogens is 439 g/mol. The van der Waals surface area contributed by atoms with Crippen LogP contribution in [0.5, 0.6) is 5.75 Å². The van der Waals surface area contributed by atoms with Gasteiger partial charge in [-0.15, -0.1) is 0 Å². The Bertz CT molecular complexity index is 1020. The summed E-state index contributed by atoms with van der Waals surface area (Å²) in [4.78, 5) is 37.5. The van der Waals surface area contributed by atoms with E-state index < -0.39 is 29.5 Å². The van der Waals surface area contributed by atoms with Crippen molar-refractivity contribution in [2.45, 2.75) is 45.8 Å². The standard InChI is InChI=1S/C23H26ClFN2O5/c1-13(26-22(30)32-23(2,3)4)18(28)11-14-7-6-8-16(24)20(14)21(29)27-15-9-10-17(25)19(12-15)31-5/h6-10,12-13H,11H2,1-5H3,(H,26,30)(H,27,29)/t13-/m0/s1. The highest BCUT2D eigenvalue weighted by Gasteiger charge is 2.24. The maximum Gasteiger partial charge on any atom is 0.408 e. The molecule has 0 saturated heterocycles. The Labute approximate surface area is 191 Å². The summed E-state index contributed by atoms with van der Waals surface area (Å²) in [7, 11) is 1.31. The number of anilines is 1. The fraction of sp³-hybridized carbons (Fsp3) is 0.348. The number of rotatable bonds is 7. The summed E-state index contributed by atoms with van der Waals surface area (Å²) in [6, 6.07) is 7.78. The molecule has 2 aromatic rings. The molecule has 0 saturated carbocycles. The zero-order valence-corrected chi connectivity index (χ0v) is 19.3. The lowest BCUT2D eigenvalue weighted by molar-refractivity contribution is -0.120. The Kier molecular flexibility index (Phi) is 8.21. The molecule has 0 bridgehead atoms. The molecule has 172 valence electrons. The van der Waals surface area contributed by atoms with E-state index in [-0.39, 0.29) is 28.5 Å². The van der Waals surface area contributed by atoms with E-state index >= 15 is 0 Å². The van der Waals surface area contributed by atoms with E-state index in [4.69, 9.17) is 21.1 Å². The Morgan fingerprint density at radius 1 is 1.16 bits per heavy atom. The summed E-state index contributed by atoms with van der Waals surface area (Å²) in [5, 5.41) is 5.26. The first-order valence-corrected chi connectivity index (χ1v) is 10.2. The third-order valence-electron chi connectivity index (χ3n) is 4.32. The number of carbonyl (C=O) groups excluding carboxylic acids is 3. The number of benzene rings is 2. The van der Waals surface area contributed by atoms with Crippen LogP contribution in [0.15, 0.2) is 36.4 Å². The zero-order valence-electron chi connectivity index (χ0n) is 18.5. The topological polar surface area (TPSA) is 93.7 Å². The van der Waals surface area contributed by atoms with E-state index in [1.807, 2.05) is 0 Å². The minimum absolute atomic E-state index is 0.0283.